The summed E-state index contributed by atoms with van der Waals surface area (Å²) in [6.45, 7) is 5.55. The van der Waals surface area contributed by atoms with Crippen LogP contribution in [0.25, 0.3) is 0 Å². The van der Waals surface area contributed by atoms with Crippen molar-refractivity contribution in [2.45, 2.75) is 13.3 Å². The number of amides is 1. The van der Waals surface area contributed by atoms with Gasteiger partial charge in [-0.3, -0.25) is 9.48 Å². The van der Waals surface area contributed by atoms with E-state index >= 15 is 0 Å². The summed E-state index contributed by atoms with van der Waals surface area (Å²) in [6, 6.07) is 0. The van der Waals surface area contributed by atoms with Gasteiger partial charge in [-0.25, -0.2) is 0 Å². The zero-order valence-corrected chi connectivity index (χ0v) is 10.4. The number of nitrogens with one attached hydrogen (secondary N) is 1. The molecule has 6 heteroatoms. The van der Waals surface area contributed by atoms with E-state index in [1.54, 1.807) is 4.68 Å². The summed E-state index contributed by atoms with van der Waals surface area (Å²) in [4.78, 5) is 13.7. The lowest BCUT2D eigenvalue weighted by atomic mass is 10.2. The minimum Gasteiger partial charge on any atom is -0.365 e. The normalized spacial score (nSPS) is 16.9. The molecule has 1 aromatic rings. The highest BCUT2D eigenvalue weighted by Gasteiger charge is 2.23. The highest BCUT2D eigenvalue weighted by Crippen LogP contribution is 2.23. The van der Waals surface area contributed by atoms with Crippen molar-refractivity contribution >= 4 is 11.7 Å². The molecule has 1 aromatic heterocycles. The second-order valence-electron chi connectivity index (χ2n) is 4.36. The third-order valence-electron chi connectivity index (χ3n) is 3.08. The fourth-order valence-corrected chi connectivity index (χ4v) is 2.35. The standard InChI is InChI=1S/C11H19N5O/c1-8-9(10(12)17)11(15(2)14-8)16-6-3-4-13-5-7-16/h13H,3-7H2,1-2H3,(H2,12,17). The minimum atomic E-state index is -0.400. The second-order valence-corrected chi connectivity index (χ2v) is 4.36. The first-order valence-corrected chi connectivity index (χ1v) is 5.90. The monoisotopic (exact) mass is 237 g/mol. The van der Waals surface area contributed by atoms with Crippen LogP contribution >= 0.6 is 0 Å². The summed E-state index contributed by atoms with van der Waals surface area (Å²) in [7, 11) is 1.85. The molecule has 0 spiro atoms. The molecule has 1 aliphatic rings. The third kappa shape index (κ3) is 2.26. The fraction of sp³-hybridized carbons (Fsp3) is 0.636. The van der Waals surface area contributed by atoms with Crippen LogP contribution in [0, 0.1) is 6.92 Å². The van der Waals surface area contributed by atoms with Crippen molar-refractivity contribution in [3.63, 3.8) is 0 Å². The molecular formula is C11H19N5O. The predicted molar refractivity (Wildman–Crippen MR) is 66.2 cm³/mol. The highest BCUT2D eigenvalue weighted by molar-refractivity contribution is 5.99. The van der Waals surface area contributed by atoms with Crippen LogP contribution in [-0.4, -0.2) is 41.9 Å². The van der Waals surface area contributed by atoms with Gasteiger partial charge in [0, 0.05) is 26.7 Å². The summed E-state index contributed by atoms with van der Waals surface area (Å²) in [6.07, 6.45) is 1.06. The highest BCUT2D eigenvalue weighted by atomic mass is 16.1. The summed E-state index contributed by atoms with van der Waals surface area (Å²) in [5, 5.41) is 7.63. The minimum absolute atomic E-state index is 0.400. The second kappa shape index (κ2) is 4.75. The van der Waals surface area contributed by atoms with E-state index in [-0.39, 0.29) is 0 Å². The Kier molecular flexibility index (Phi) is 3.33. The van der Waals surface area contributed by atoms with Gasteiger partial charge >= 0.3 is 0 Å². The first kappa shape index (κ1) is 11.9. The Bertz CT molecular complexity index is 418. The average Bonchev–Trinajstić information content (AvgIpc) is 2.47. The van der Waals surface area contributed by atoms with E-state index < -0.39 is 5.91 Å². The molecule has 2 rings (SSSR count). The molecule has 3 N–H and O–H groups in total. The summed E-state index contributed by atoms with van der Waals surface area (Å²) >= 11 is 0. The van der Waals surface area contributed by atoms with Crippen LogP contribution in [0.3, 0.4) is 0 Å². The SMILES string of the molecule is Cc1nn(C)c(N2CCCNCC2)c1C(N)=O. The molecule has 1 fully saturated rings. The molecule has 94 valence electrons. The number of primary amides is 1. The molecule has 0 aromatic carbocycles. The van der Waals surface area contributed by atoms with Crippen LogP contribution in [0.5, 0.6) is 0 Å². The number of nitrogens with two attached hydrogens (primary N) is 1. The van der Waals surface area contributed by atoms with Gasteiger partial charge in [0.1, 0.15) is 11.4 Å². The number of carbonyl (C=O) groups is 1. The first-order valence-electron chi connectivity index (χ1n) is 5.90. The van der Waals surface area contributed by atoms with Gasteiger partial charge in [-0.2, -0.15) is 5.10 Å². The number of aryl methyl sites for hydroxylation is 2. The lowest BCUT2D eigenvalue weighted by molar-refractivity contribution is 0.1000. The lowest BCUT2D eigenvalue weighted by Crippen LogP contribution is -2.31. The quantitative estimate of drug-likeness (QED) is 0.735. The predicted octanol–water partition coefficient (Wildman–Crippen LogP) is -0.373. The van der Waals surface area contributed by atoms with Crippen molar-refractivity contribution < 1.29 is 4.79 Å². The average molecular weight is 237 g/mol. The Morgan fingerprint density at radius 2 is 2.18 bits per heavy atom. The zero-order chi connectivity index (χ0) is 12.4. The van der Waals surface area contributed by atoms with Gasteiger partial charge in [-0.05, 0) is 19.9 Å². The molecule has 1 amide bonds. The van der Waals surface area contributed by atoms with Gasteiger partial charge < -0.3 is 16.0 Å². The topological polar surface area (TPSA) is 76.2 Å². The molecule has 0 saturated carbocycles. The Morgan fingerprint density at radius 1 is 1.41 bits per heavy atom. The van der Waals surface area contributed by atoms with E-state index in [0.717, 1.165) is 38.4 Å². The third-order valence-corrected chi connectivity index (χ3v) is 3.08. The van der Waals surface area contributed by atoms with Gasteiger partial charge in [0.15, 0.2) is 0 Å². The van der Waals surface area contributed by atoms with Crippen LogP contribution in [0.15, 0.2) is 0 Å². The number of rotatable bonds is 2. The zero-order valence-electron chi connectivity index (χ0n) is 10.4. The van der Waals surface area contributed by atoms with Crippen molar-refractivity contribution in [1.82, 2.24) is 15.1 Å². The molecule has 0 bridgehead atoms. The van der Waals surface area contributed by atoms with Crippen molar-refractivity contribution in [3.05, 3.63) is 11.3 Å². The molecule has 0 radical (unpaired) electrons. The van der Waals surface area contributed by atoms with Gasteiger partial charge in [0.2, 0.25) is 0 Å². The number of nitrogens with zero attached hydrogens (tertiary/aromatic N) is 3. The molecule has 1 aliphatic heterocycles. The van der Waals surface area contributed by atoms with Gasteiger partial charge in [-0.1, -0.05) is 0 Å². The summed E-state index contributed by atoms with van der Waals surface area (Å²) < 4.78 is 1.75. The van der Waals surface area contributed by atoms with Crippen molar-refractivity contribution in [3.8, 4) is 0 Å². The smallest absolute Gasteiger partial charge is 0.254 e. The Morgan fingerprint density at radius 3 is 2.88 bits per heavy atom. The summed E-state index contributed by atoms with van der Waals surface area (Å²) in [5.41, 5.74) is 6.69. The summed E-state index contributed by atoms with van der Waals surface area (Å²) in [5.74, 6) is 0.446. The maximum absolute atomic E-state index is 11.5. The van der Waals surface area contributed by atoms with Gasteiger partial charge in [-0.15, -0.1) is 0 Å². The lowest BCUT2D eigenvalue weighted by Gasteiger charge is -2.23. The molecule has 2 heterocycles. The maximum atomic E-state index is 11.5. The molecule has 1 saturated heterocycles. The fourth-order valence-electron chi connectivity index (χ4n) is 2.35. The maximum Gasteiger partial charge on any atom is 0.254 e. The van der Waals surface area contributed by atoms with E-state index in [1.165, 1.54) is 0 Å². The van der Waals surface area contributed by atoms with E-state index in [0.29, 0.717) is 11.3 Å². The number of hydrogen-bond acceptors (Lipinski definition) is 4. The molecule has 6 nitrogen and oxygen atoms in total. The first-order chi connectivity index (χ1) is 8.11. The van der Waals surface area contributed by atoms with Crippen molar-refractivity contribution in [1.29, 1.82) is 0 Å². The van der Waals surface area contributed by atoms with Crippen LogP contribution < -0.4 is 16.0 Å². The number of aromatic nitrogens is 2. The Hall–Kier alpha value is -1.56. The Balaban J connectivity index is 2.38. The van der Waals surface area contributed by atoms with Crippen LogP contribution in [0.1, 0.15) is 22.5 Å². The van der Waals surface area contributed by atoms with Crippen LogP contribution in [0.2, 0.25) is 0 Å². The number of carbonyl (C=O) groups excluding carboxylic acids is 1. The van der Waals surface area contributed by atoms with Gasteiger partial charge in [0.25, 0.3) is 5.91 Å². The van der Waals surface area contributed by atoms with E-state index in [9.17, 15) is 4.79 Å². The van der Waals surface area contributed by atoms with Gasteiger partial charge in [0.05, 0.1) is 5.69 Å². The van der Waals surface area contributed by atoms with Crippen molar-refractivity contribution in [2.75, 3.05) is 31.1 Å². The molecule has 0 atom stereocenters. The van der Waals surface area contributed by atoms with E-state index in [4.69, 9.17) is 5.73 Å². The van der Waals surface area contributed by atoms with Crippen molar-refractivity contribution in [2.24, 2.45) is 12.8 Å². The number of anilines is 1. The van der Waals surface area contributed by atoms with E-state index in [2.05, 4.69) is 15.3 Å². The molecule has 0 unspecified atom stereocenters. The molecule has 0 aliphatic carbocycles. The molecule has 17 heavy (non-hydrogen) atoms. The largest absolute Gasteiger partial charge is 0.365 e. The van der Waals surface area contributed by atoms with E-state index in [1.807, 2.05) is 14.0 Å². The Labute approximate surface area is 101 Å². The van der Waals surface area contributed by atoms with Crippen LogP contribution in [0.4, 0.5) is 5.82 Å². The molecular weight excluding hydrogens is 218 g/mol. The van der Waals surface area contributed by atoms with Crippen LogP contribution in [-0.2, 0) is 7.05 Å². The number of hydrogen-bond donors (Lipinski definition) is 2.